The Kier molecular flexibility index (Phi) is 11.0. The van der Waals surface area contributed by atoms with E-state index in [1.807, 2.05) is 0 Å². The molecule has 166 valence electrons. The molecular formula is C19H18Cl4N4O3S. The van der Waals surface area contributed by atoms with E-state index in [9.17, 15) is 14.4 Å². The quantitative estimate of drug-likeness (QED) is 0.297. The first-order chi connectivity index (χ1) is 14.4. The van der Waals surface area contributed by atoms with Crippen LogP contribution in [0, 0.1) is 0 Å². The van der Waals surface area contributed by atoms with Crippen molar-refractivity contribution in [3.63, 3.8) is 0 Å². The first kappa shape index (κ1) is 26.9. The van der Waals surface area contributed by atoms with E-state index in [0.29, 0.717) is 36.5 Å². The fourth-order valence-corrected chi connectivity index (χ4v) is 3.31. The Morgan fingerprint density at radius 3 is 1.77 bits per heavy atom. The second-order valence-corrected chi connectivity index (χ2v) is 8.10. The van der Waals surface area contributed by atoms with Crippen molar-refractivity contribution in [1.82, 2.24) is 5.43 Å². The molecular weight excluding hydrogens is 506 g/mol. The van der Waals surface area contributed by atoms with Gasteiger partial charge in [0.2, 0.25) is 17.7 Å². The van der Waals surface area contributed by atoms with Crippen LogP contribution in [-0.2, 0) is 14.4 Å². The molecule has 0 aromatic heterocycles. The highest BCUT2D eigenvalue weighted by molar-refractivity contribution is 7.80. The highest BCUT2D eigenvalue weighted by Crippen LogP contribution is 2.33. The second kappa shape index (κ2) is 12.7. The Hall–Kier alpha value is -2.10. The number of amides is 3. The first-order valence-corrected chi connectivity index (χ1v) is 10.4. The number of anilines is 2. The molecule has 0 unspecified atom stereocenters. The van der Waals surface area contributed by atoms with Crippen molar-refractivity contribution in [2.45, 2.75) is 20.3 Å². The fourth-order valence-electron chi connectivity index (χ4n) is 2.11. The molecule has 0 saturated carbocycles. The molecule has 0 aliphatic carbocycles. The molecule has 0 aliphatic heterocycles. The summed E-state index contributed by atoms with van der Waals surface area (Å²) in [5.41, 5.74) is 8.18. The SMILES string of the molecule is CC(=O)Nc1c(Cl)cccc1Cl.CC(=S)N(NC(=O)CC(N)=O)c1c(Cl)cccc1Cl. The van der Waals surface area contributed by atoms with Crippen LogP contribution in [0.4, 0.5) is 11.4 Å². The van der Waals surface area contributed by atoms with Crippen LogP contribution in [0.15, 0.2) is 36.4 Å². The summed E-state index contributed by atoms with van der Waals surface area (Å²) < 4.78 is 0. The Morgan fingerprint density at radius 2 is 1.39 bits per heavy atom. The zero-order chi connectivity index (χ0) is 23.7. The number of carbonyl (C=O) groups is 3. The number of nitrogens with zero attached hydrogens (tertiary/aromatic N) is 1. The number of thiocarbonyl (C=S) groups is 1. The Balaban J connectivity index is 0.000000343. The van der Waals surface area contributed by atoms with Crippen LogP contribution in [0.3, 0.4) is 0 Å². The number of hydrazine groups is 1. The number of carbonyl (C=O) groups excluding carboxylic acids is 3. The van der Waals surface area contributed by atoms with Crippen LogP contribution in [-0.4, -0.2) is 22.7 Å². The van der Waals surface area contributed by atoms with Gasteiger partial charge in [0.1, 0.15) is 17.1 Å². The van der Waals surface area contributed by atoms with E-state index in [4.69, 9.17) is 64.4 Å². The van der Waals surface area contributed by atoms with Gasteiger partial charge in [0.05, 0.1) is 25.8 Å². The molecule has 0 bridgehead atoms. The van der Waals surface area contributed by atoms with E-state index < -0.39 is 18.2 Å². The molecule has 0 radical (unpaired) electrons. The third-order valence-electron chi connectivity index (χ3n) is 3.31. The number of hydrogen-bond donors (Lipinski definition) is 3. The van der Waals surface area contributed by atoms with Crippen LogP contribution in [0.2, 0.25) is 20.1 Å². The maximum atomic E-state index is 11.6. The molecule has 0 fully saturated rings. The molecule has 0 spiro atoms. The third kappa shape index (κ3) is 8.88. The Bertz CT molecular complexity index is 964. The summed E-state index contributed by atoms with van der Waals surface area (Å²) in [6, 6.07) is 9.92. The molecule has 2 rings (SSSR count). The average Bonchev–Trinajstić information content (AvgIpc) is 2.63. The van der Waals surface area contributed by atoms with Crippen LogP contribution >= 0.6 is 58.6 Å². The summed E-state index contributed by atoms with van der Waals surface area (Å²) in [5, 5.41) is 5.30. The minimum atomic E-state index is -0.746. The maximum absolute atomic E-state index is 11.6. The summed E-state index contributed by atoms with van der Waals surface area (Å²) in [4.78, 5) is 33.3. The van der Waals surface area contributed by atoms with Gasteiger partial charge in [-0.1, -0.05) is 70.8 Å². The lowest BCUT2D eigenvalue weighted by Gasteiger charge is -2.25. The number of rotatable bonds is 4. The number of nitrogens with two attached hydrogens (primary N) is 1. The van der Waals surface area contributed by atoms with E-state index in [1.54, 1.807) is 43.3 Å². The van der Waals surface area contributed by atoms with Gasteiger partial charge in [-0.2, -0.15) is 0 Å². The van der Waals surface area contributed by atoms with E-state index in [0.717, 1.165) is 0 Å². The van der Waals surface area contributed by atoms with Gasteiger partial charge in [0, 0.05) is 6.92 Å². The molecule has 2 aromatic rings. The maximum Gasteiger partial charge on any atom is 0.248 e. The Labute approximate surface area is 204 Å². The van der Waals surface area contributed by atoms with Crippen LogP contribution in [0.25, 0.3) is 0 Å². The van der Waals surface area contributed by atoms with E-state index in [-0.39, 0.29) is 5.91 Å². The molecule has 7 nitrogen and oxygen atoms in total. The number of halogens is 4. The van der Waals surface area contributed by atoms with Crippen molar-refractivity contribution in [1.29, 1.82) is 0 Å². The normalized spacial score (nSPS) is 9.74. The van der Waals surface area contributed by atoms with Crippen LogP contribution in [0.5, 0.6) is 0 Å². The summed E-state index contributed by atoms with van der Waals surface area (Å²) in [7, 11) is 0. The van der Waals surface area contributed by atoms with Crippen LogP contribution < -0.4 is 21.5 Å². The van der Waals surface area contributed by atoms with Crippen molar-refractivity contribution >= 4 is 92.7 Å². The monoisotopic (exact) mass is 522 g/mol. The van der Waals surface area contributed by atoms with Crippen molar-refractivity contribution in [2.75, 3.05) is 10.3 Å². The molecule has 4 N–H and O–H groups in total. The fraction of sp³-hybridized carbons (Fsp3) is 0.158. The van der Waals surface area contributed by atoms with Gasteiger partial charge in [-0.05, 0) is 31.2 Å². The highest BCUT2D eigenvalue weighted by Gasteiger charge is 2.19. The third-order valence-corrected chi connectivity index (χ3v) is 4.73. The molecule has 2 aromatic carbocycles. The smallest absolute Gasteiger partial charge is 0.248 e. The Morgan fingerprint density at radius 1 is 0.935 bits per heavy atom. The standard InChI is InChI=1S/C11H11Cl2N3O2S.C8H7Cl2NO/c1-6(19)16(15-10(18)5-9(14)17)11-7(12)3-2-4-8(11)13;1-5(12)11-8-6(9)3-2-4-7(8)10/h2-4H,5H2,1H3,(H2,14,17)(H,15,18);2-4H,1H3,(H,11,12). The van der Waals surface area contributed by atoms with Crippen LogP contribution in [0.1, 0.15) is 20.3 Å². The van der Waals surface area contributed by atoms with Crippen molar-refractivity contribution in [3.05, 3.63) is 56.5 Å². The number of hydrogen-bond acceptors (Lipinski definition) is 4. The minimum absolute atomic E-state index is 0.190. The van der Waals surface area contributed by atoms with Gasteiger partial charge >= 0.3 is 0 Å². The topological polar surface area (TPSA) is 105 Å². The largest absolute Gasteiger partial charge is 0.369 e. The summed E-state index contributed by atoms with van der Waals surface area (Å²) in [6.07, 6.45) is -0.457. The molecule has 0 atom stereocenters. The lowest BCUT2D eigenvalue weighted by molar-refractivity contribution is -0.127. The van der Waals surface area contributed by atoms with Gasteiger partial charge in [-0.25, -0.2) is 5.01 Å². The van der Waals surface area contributed by atoms with E-state index in [1.165, 1.54) is 11.9 Å². The number of primary amides is 1. The predicted molar refractivity (Wildman–Crippen MR) is 130 cm³/mol. The zero-order valence-electron chi connectivity index (χ0n) is 16.3. The van der Waals surface area contributed by atoms with Gasteiger partial charge in [-0.3, -0.25) is 19.8 Å². The van der Waals surface area contributed by atoms with Gasteiger partial charge in [-0.15, -0.1) is 0 Å². The van der Waals surface area contributed by atoms with Gasteiger partial charge in [0.15, 0.2) is 0 Å². The first-order valence-electron chi connectivity index (χ1n) is 8.48. The molecule has 0 aliphatic rings. The van der Waals surface area contributed by atoms with E-state index in [2.05, 4.69) is 10.7 Å². The number of para-hydroxylation sites is 2. The molecule has 0 heterocycles. The summed E-state index contributed by atoms with van der Waals surface area (Å²) >= 11 is 28.6. The lowest BCUT2D eigenvalue weighted by atomic mass is 10.3. The molecule has 31 heavy (non-hydrogen) atoms. The molecule has 0 saturated heterocycles. The summed E-state index contributed by atoms with van der Waals surface area (Å²) in [5.74, 6) is -1.54. The number of benzene rings is 2. The minimum Gasteiger partial charge on any atom is -0.369 e. The molecule has 3 amide bonds. The zero-order valence-corrected chi connectivity index (χ0v) is 20.2. The van der Waals surface area contributed by atoms with Gasteiger partial charge < -0.3 is 11.1 Å². The highest BCUT2D eigenvalue weighted by atomic mass is 35.5. The van der Waals surface area contributed by atoms with Crippen molar-refractivity contribution in [3.8, 4) is 0 Å². The average molecular weight is 524 g/mol. The lowest BCUT2D eigenvalue weighted by Crippen LogP contribution is -2.46. The second-order valence-electron chi connectivity index (χ2n) is 5.88. The van der Waals surface area contributed by atoms with Crippen molar-refractivity contribution < 1.29 is 14.4 Å². The molecule has 12 heteroatoms. The van der Waals surface area contributed by atoms with E-state index >= 15 is 0 Å². The predicted octanol–water partition coefficient (Wildman–Crippen LogP) is 5.01. The van der Waals surface area contributed by atoms with Gasteiger partial charge in [0.25, 0.3) is 0 Å². The number of nitrogens with one attached hydrogen (secondary N) is 2. The summed E-state index contributed by atoms with van der Waals surface area (Å²) in [6.45, 7) is 2.99. The van der Waals surface area contributed by atoms with Crippen molar-refractivity contribution in [2.24, 2.45) is 5.73 Å².